The molecule has 1 aromatic heterocycles. The molecule has 136 valence electrons. The molecule has 0 radical (unpaired) electrons. The smallest absolute Gasteiger partial charge is 0.161 e. The summed E-state index contributed by atoms with van der Waals surface area (Å²) in [6.45, 7) is 10.1. The Morgan fingerprint density at radius 1 is 1.04 bits per heavy atom. The Morgan fingerprint density at radius 2 is 1.72 bits per heavy atom. The Balaban J connectivity index is 1.52. The van der Waals surface area contributed by atoms with Gasteiger partial charge in [-0.25, -0.2) is 0 Å². The molecule has 2 aromatic rings. The van der Waals surface area contributed by atoms with E-state index in [-0.39, 0.29) is 5.78 Å². The fraction of sp³-hybridized carbons (Fsp3) is 0.550. The second-order valence-electron chi connectivity index (χ2n) is 6.84. The number of ether oxygens (including phenoxy) is 1. The zero-order chi connectivity index (χ0) is 17.6. The second-order valence-corrected chi connectivity index (χ2v) is 6.84. The maximum absolute atomic E-state index is 11.9. The lowest BCUT2D eigenvalue weighted by Crippen LogP contribution is -2.47. The van der Waals surface area contributed by atoms with Gasteiger partial charge in [0.25, 0.3) is 0 Å². The Morgan fingerprint density at radius 3 is 2.40 bits per heavy atom. The van der Waals surface area contributed by atoms with Crippen LogP contribution in [0.3, 0.4) is 0 Å². The van der Waals surface area contributed by atoms with Gasteiger partial charge in [-0.15, -0.1) is 0 Å². The van der Waals surface area contributed by atoms with Crippen molar-refractivity contribution in [1.82, 2.24) is 14.4 Å². The zero-order valence-electron chi connectivity index (χ0n) is 15.4. The molecule has 5 nitrogen and oxygen atoms in total. The first-order valence-corrected chi connectivity index (χ1v) is 9.21. The number of hydrogen-bond donors (Lipinski definition) is 0. The van der Waals surface area contributed by atoms with Gasteiger partial charge in [0, 0.05) is 69.0 Å². The van der Waals surface area contributed by atoms with Crippen molar-refractivity contribution in [1.29, 1.82) is 0 Å². The maximum Gasteiger partial charge on any atom is 0.161 e. The SMILES string of the molecule is COCCN1CCN(CCCn2cc(C(C)=O)c3ccccc32)CC1. The van der Waals surface area contributed by atoms with Crippen molar-refractivity contribution in [2.75, 3.05) is 53.0 Å². The summed E-state index contributed by atoms with van der Waals surface area (Å²) in [6, 6.07) is 8.20. The molecule has 1 aliphatic heterocycles. The van der Waals surface area contributed by atoms with Gasteiger partial charge in [0.05, 0.1) is 6.61 Å². The molecule has 0 bridgehead atoms. The topological polar surface area (TPSA) is 37.7 Å². The van der Waals surface area contributed by atoms with Crippen LogP contribution in [-0.2, 0) is 11.3 Å². The minimum Gasteiger partial charge on any atom is -0.383 e. The third-order valence-electron chi connectivity index (χ3n) is 5.12. The Bertz CT molecular complexity index is 702. The predicted octanol–water partition coefficient (Wildman–Crippen LogP) is 2.50. The predicted molar refractivity (Wildman–Crippen MR) is 101 cm³/mol. The van der Waals surface area contributed by atoms with Crippen LogP contribution >= 0.6 is 0 Å². The molecule has 0 aliphatic carbocycles. The van der Waals surface area contributed by atoms with Crippen LogP contribution in [-0.4, -0.2) is 73.1 Å². The highest BCUT2D eigenvalue weighted by molar-refractivity contribution is 6.06. The van der Waals surface area contributed by atoms with Crippen LogP contribution in [0.4, 0.5) is 0 Å². The van der Waals surface area contributed by atoms with Crippen molar-refractivity contribution >= 4 is 16.7 Å². The summed E-state index contributed by atoms with van der Waals surface area (Å²) in [5, 5.41) is 1.07. The van der Waals surface area contributed by atoms with E-state index in [1.807, 2.05) is 24.4 Å². The lowest BCUT2D eigenvalue weighted by atomic mass is 10.1. The molecule has 1 aromatic carbocycles. The van der Waals surface area contributed by atoms with E-state index in [4.69, 9.17) is 4.74 Å². The van der Waals surface area contributed by atoms with Gasteiger partial charge < -0.3 is 14.2 Å². The quantitative estimate of drug-likeness (QED) is 0.690. The molecule has 2 heterocycles. The van der Waals surface area contributed by atoms with Gasteiger partial charge in [0.15, 0.2) is 5.78 Å². The minimum atomic E-state index is 0.141. The Labute approximate surface area is 150 Å². The lowest BCUT2D eigenvalue weighted by Gasteiger charge is -2.34. The third kappa shape index (κ3) is 4.48. The summed E-state index contributed by atoms with van der Waals surface area (Å²) in [7, 11) is 1.76. The van der Waals surface area contributed by atoms with Crippen LogP contribution in [0.1, 0.15) is 23.7 Å². The van der Waals surface area contributed by atoms with E-state index in [0.717, 1.165) is 75.3 Å². The second kappa shape index (κ2) is 8.61. The number of carbonyl (C=O) groups excluding carboxylic acids is 1. The van der Waals surface area contributed by atoms with Crippen molar-refractivity contribution in [2.24, 2.45) is 0 Å². The van der Waals surface area contributed by atoms with E-state index in [0.29, 0.717) is 0 Å². The standard InChI is InChI=1S/C20H29N3O2/c1-17(24)19-16-23(20-7-4-3-6-18(19)20)9-5-8-21-10-12-22(13-11-21)14-15-25-2/h3-4,6-7,16H,5,8-15H2,1-2H3. The Hall–Kier alpha value is -1.69. The van der Waals surface area contributed by atoms with Crippen molar-refractivity contribution in [3.63, 3.8) is 0 Å². The molecule has 5 heteroatoms. The van der Waals surface area contributed by atoms with Gasteiger partial charge in [-0.3, -0.25) is 9.69 Å². The molecule has 3 rings (SSSR count). The largest absolute Gasteiger partial charge is 0.383 e. The van der Waals surface area contributed by atoms with E-state index in [2.05, 4.69) is 20.4 Å². The number of Topliss-reactive ketones (excluding diaryl/α,β-unsaturated/α-hetero) is 1. The zero-order valence-corrected chi connectivity index (χ0v) is 15.4. The van der Waals surface area contributed by atoms with E-state index in [9.17, 15) is 4.79 Å². The number of fused-ring (bicyclic) bond motifs is 1. The van der Waals surface area contributed by atoms with Gasteiger partial charge >= 0.3 is 0 Å². The number of aromatic nitrogens is 1. The molecule has 1 saturated heterocycles. The van der Waals surface area contributed by atoms with Crippen molar-refractivity contribution in [3.8, 4) is 0 Å². The highest BCUT2D eigenvalue weighted by Crippen LogP contribution is 2.22. The number of nitrogens with zero attached hydrogens (tertiary/aromatic N) is 3. The number of rotatable bonds is 8. The van der Waals surface area contributed by atoms with Crippen LogP contribution < -0.4 is 0 Å². The van der Waals surface area contributed by atoms with Crippen LogP contribution in [0.15, 0.2) is 30.5 Å². The number of para-hydroxylation sites is 1. The molecule has 0 spiro atoms. The molecule has 0 atom stereocenters. The molecule has 1 fully saturated rings. The monoisotopic (exact) mass is 343 g/mol. The molecular weight excluding hydrogens is 314 g/mol. The fourth-order valence-corrected chi connectivity index (χ4v) is 3.63. The first kappa shape index (κ1) is 18.1. The molecule has 0 saturated carbocycles. The Kier molecular flexibility index (Phi) is 6.24. The number of methoxy groups -OCH3 is 1. The molecular formula is C20H29N3O2. The van der Waals surface area contributed by atoms with Crippen LogP contribution in [0.2, 0.25) is 0 Å². The van der Waals surface area contributed by atoms with Gasteiger partial charge in [-0.1, -0.05) is 18.2 Å². The number of aryl methyl sites for hydroxylation is 1. The molecule has 0 N–H and O–H groups in total. The molecule has 25 heavy (non-hydrogen) atoms. The van der Waals surface area contributed by atoms with E-state index >= 15 is 0 Å². The third-order valence-corrected chi connectivity index (χ3v) is 5.12. The van der Waals surface area contributed by atoms with Crippen LogP contribution in [0.25, 0.3) is 10.9 Å². The summed E-state index contributed by atoms with van der Waals surface area (Å²) >= 11 is 0. The maximum atomic E-state index is 11.9. The number of carbonyl (C=O) groups is 1. The fourth-order valence-electron chi connectivity index (χ4n) is 3.63. The number of piperazine rings is 1. The van der Waals surface area contributed by atoms with E-state index < -0.39 is 0 Å². The number of hydrogen-bond acceptors (Lipinski definition) is 4. The van der Waals surface area contributed by atoms with Gasteiger partial charge in [-0.05, 0) is 26.0 Å². The molecule has 0 amide bonds. The van der Waals surface area contributed by atoms with E-state index in [1.54, 1.807) is 14.0 Å². The summed E-state index contributed by atoms with van der Waals surface area (Å²) in [5.74, 6) is 0.141. The average Bonchev–Trinajstić information content (AvgIpc) is 3.00. The van der Waals surface area contributed by atoms with Crippen molar-refractivity contribution in [2.45, 2.75) is 19.9 Å². The average molecular weight is 343 g/mol. The summed E-state index contributed by atoms with van der Waals surface area (Å²) in [4.78, 5) is 16.9. The highest BCUT2D eigenvalue weighted by atomic mass is 16.5. The summed E-state index contributed by atoms with van der Waals surface area (Å²) < 4.78 is 7.39. The molecule has 1 aliphatic rings. The van der Waals surface area contributed by atoms with Gasteiger partial charge in [0.2, 0.25) is 0 Å². The summed E-state index contributed by atoms with van der Waals surface area (Å²) in [5.41, 5.74) is 2.00. The number of ketones is 1. The van der Waals surface area contributed by atoms with Crippen molar-refractivity contribution < 1.29 is 9.53 Å². The normalized spacial score (nSPS) is 16.6. The van der Waals surface area contributed by atoms with Crippen molar-refractivity contribution in [3.05, 3.63) is 36.0 Å². The first-order chi connectivity index (χ1) is 12.2. The minimum absolute atomic E-state index is 0.141. The van der Waals surface area contributed by atoms with Crippen LogP contribution in [0.5, 0.6) is 0 Å². The highest BCUT2D eigenvalue weighted by Gasteiger charge is 2.16. The first-order valence-electron chi connectivity index (χ1n) is 9.21. The van der Waals surface area contributed by atoms with Gasteiger partial charge in [-0.2, -0.15) is 0 Å². The summed E-state index contributed by atoms with van der Waals surface area (Å²) in [6.07, 6.45) is 3.13. The molecule has 0 unspecified atom stereocenters. The van der Waals surface area contributed by atoms with Gasteiger partial charge in [0.1, 0.15) is 0 Å². The lowest BCUT2D eigenvalue weighted by molar-refractivity contribution is 0.0959. The van der Waals surface area contributed by atoms with Crippen LogP contribution in [0, 0.1) is 0 Å². The number of benzene rings is 1. The van der Waals surface area contributed by atoms with E-state index in [1.165, 1.54) is 0 Å².